The van der Waals surface area contributed by atoms with Crippen LogP contribution < -0.4 is 4.90 Å². The summed E-state index contributed by atoms with van der Waals surface area (Å²) in [6.45, 7) is 14.4. The third-order valence-corrected chi connectivity index (χ3v) is 5.97. The molecule has 6 heteroatoms. The second kappa shape index (κ2) is 8.11. The van der Waals surface area contributed by atoms with E-state index >= 15 is 0 Å². The maximum absolute atomic E-state index is 5.83. The van der Waals surface area contributed by atoms with Crippen molar-refractivity contribution in [3.8, 4) is 0 Å². The molecular formula is C18H32N4OS. The Morgan fingerprint density at radius 2 is 1.83 bits per heavy atom. The molecule has 0 spiro atoms. The summed E-state index contributed by atoms with van der Waals surface area (Å²) in [6, 6.07) is 0. The van der Waals surface area contributed by atoms with E-state index in [9.17, 15) is 0 Å². The van der Waals surface area contributed by atoms with Crippen LogP contribution in [0.15, 0.2) is 0 Å². The Balaban J connectivity index is 1.42. The van der Waals surface area contributed by atoms with Crippen LogP contribution in [0.1, 0.15) is 58.7 Å². The largest absolute Gasteiger partial charge is 0.373 e. The van der Waals surface area contributed by atoms with Crippen molar-refractivity contribution < 1.29 is 4.74 Å². The summed E-state index contributed by atoms with van der Waals surface area (Å²) in [5, 5.41) is 1.12. The lowest BCUT2D eigenvalue weighted by Crippen LogP contribution is -2.46. The van der Waals surface area contributed by atoms with Crippen LogP contribution >= 0.6 is 11.5 Å². The average Bonchev–Trinajstić information content (AvgIpc) is 3.03. The summed E-state index contributed by atoms with van der Waals surface area (Å²) < 4.78 is 10.3. The average molecular weight is 353 g/mol. The van der Waals surface area contributed by atoms with E-state index in [0.717, 1.165) is 43.1 Å². The summed E-state index contributed by atoms with van der Waals surface area (Å²) in [5.74, 6) is 2.27. The van der Waals surface area contributed by atoms with Gasteiger partial charge >= 0.3 is 0 Å². The molecule has 2 saturated heterocycles. The lowest BCUT2D eigenvalue weighted by Gasteiger charge is -2.37. The topological polar surface area (TPSA) is 41.5 Å². The molecule has 0 aromatic carbocycles. The number of hydrogen-bond donors (Lipinski definition) is 0. The van der Waals surface area contributed by atoms with E-state index < -0.39 is 0 Å². The molecule has 0 N–H and O–H groups in total. The van der Waals surface area contributed by atoms with Gasteiger partial charge in [-0.1, -0.05) is 13.8 Å². The molecule has 0 amide bonds. The van der Waals surface area contributed by atoms with Crippen LogP contribution in [0.25, 0.3) is 0 Å². The molecule has 0 aliphatic carbocycles. The van der Waals surface area contributed by atoms with Gasteiger partial charge in [-0.2, -0.15) is 4.37 Å². The molecule has 0 bridgehead atoms. The van der Waals surface area contributed by atoms with E-state index in [1.54, 1.807) is 11.5 Å². The fraction of sp³-hybridized carbons (Fsp3) is 0.889. The monoisotopic (exact) mass is 352 g/mol. The fourth-order valence-corrected chi connectivity index (χ4v) is 4.69. The Morgan fingerprint density at radius 1 is 1.17 bits per heavy atom. The third kappa shape index (κ3) is 4.67. The van der Waals surface area contributed by atoms with Crippen molar-refractivity contribution >= 4 is 16.7 Å². The molecule has 2 fully saturated rings. The van der Waals surface area contributed by atoms with Crippen LogP contribution in [-0.4, -0.2) is 59.2 Å². The maximum atomic E-state index is 5.83. The van der Waals surface area contributed by atoms with Gasteiger partial charge in [-0.05, 0) is 45.6 Å². The molecule has 2 aliphatic rings. The highest BCUT2D eigenvalue weighted by Crippen LogP contribution is 2.28. The minimum Gasteiger partial charge on any atom is -0.373 e. The number of morpholine rings is 1. The summed E-state index contributed by atoms with van der Waals surface area (Å²) in [5.41, 5.74) is 0. The van der Waals surface area contributed by atoms with E-state index in [-0.39, 0.29) is 0 Å². The van der Waals surface area contributed by atoms with Crippen LogP contribution in [0.4, 0.5) is 5.13 Å². The third-order valence-electron chi connectivity index (χ3n) is 5.18. The minimum atomic E-state index is 0.378. The molecule has 24 heavy (non-hydrogen) atoms. The zero-order valence-corrected chi connectivity index (χ0v) is 16.4. The van der Waals surface area contributed by atoms with Gasteiger partial charge in [-0.3, -0.25) is 4.90 Å². The Kier molecular flexibility index (Phi) is 6.11. The SMILES string of the molecule is CC1CN(CCC2CCN(c3nc(C(C)C)ns3)CC2)CC(C)O1. The zero-order chi connectivity index (χ0) is 17.1. The standard InChI is InChI=1S/C18H32N4OS/c1-13(2)17-19-18(24-20-17)22-9-6-16(7-10-22)5-8-21-11-14(3)23-15(4)12-21/h13-16H,5-12H2,1-4H3. The first-order chi connectivity index (χ1) is 11.5. The Hall–Kier alpha value is -0.720. The highest BCUT2D eigenvalue weighted by atomic mass is 32.1. The predicted octanol–water partition coefficient (Wildman–Crippen LogP) is 3.38. The van der Waals surface area contributed by atoms with E-state index in [1.165, 1.54) is 25.8 Å². The first-order valence-corrected chi connectivity index (χ1v) is 10.2. The van der Waals surface area contributed by atoms with Crippen molar-refractivity contribution in [2.45, 2.75) is 65.1 Å². The lowest BCUT2D eigenvalue weighted by molar-refractivity contribution is -0.0690. The highest BCUT2D eigenvalue weighted by molar-refractivity contribution is 7.09. The van der Waals surface area contributed by atoms with E-state index in [0.29, 0.717) is 18.1 Å². The predicted molar refractivity (Wildman–Crippen MR) is 100 cm³/mol. The Morgan fingerprint density at radius 3 is 2.42 bits per heavy atom. The van der Waals surface area contributed by atoms with Gasteiger partial charge in [0.05, 0.1) is 12.2 Å². The zero-order valence-electron chi connectivity index (χ0n) is 15.6. The molecule has 2 unspecified atom stereocenters. The molecular weight excluding hydrogens is 320 g/mol. The maximum Gasteiger partial charge on any atom is 0.205 e. The Bertz CT molecular complexity index is 503. The van der Waals surface area contributed by atoms with Gasteiger partial charge in [0.15, 0.2) is 0 Å². The quantitative estimate of drug-likeness (QED) is 0.812. The van der Waals surface area contributed by atoms with Crippen molar-refractivity contribution in [1.29, 1.82) is 0 Å². The summed E-state index contributed by atoms with van der Waals surface area (Å²) in [4.78, 5) is 9.72. The van der Waals surface area contributed by atoms with Gasteiger partial charge in [-0.25, -0.2) is 4.98 Å². The van der Waals surface area contributed by atoms with Crippen LogP contribution in [-0.2, 0) is 4.74 Å². The van der Waals surface area contributed by atoms with Crippen LogP contribution in [0, 0.1) is 5.92 Å². The van der Waals surface area contributed by atoms with Crippen LogP contribution in [0.2, 0.25) is 0 Å². The van der Waals surface area contributed by atoms with E-state index in [2.05, 4.69) is 41.9 Å². The number of ether oxygens (including phenoxy) is 1. The number of anilines is 1. The van der Waals surface area contributed by atoms with Crippen LogP contribution in [0.3, 0.4) is 0 Å². The second-order valence-corrected chi connectivity index (χ2v) is 8.56. The first kappa shape index (κ1) is 18.1. The Labute approximate surface area is 150 Å². The van der Waals surface area contributed by atoms with Crippen LogP contribution in [0.5, 0.6) is 0 Å². The molecule has 0 radical (unpaired) electrons. The number of piperidine rings is 1. The molecule has 3 rings (SSSR count). The van der Waals surface area contributed by atoms with Gasteiger partial charge in [0.25, 0.3) is 0 Å². The normalized spacial score (nSPS) is 27.1. The fourth-order valence-electron chi connectivity index (χ4n) is 3.83. The number of hydrogen-bond acceptors (Lipinski definition) is 6. The van der Waals surface area contributed by atoms with Crippen molar-refractivity contribution in [2.75, 3.05) is 37.6 Å². The molecule has 0 saturated carbocycles. The van der Waals surface area contributed by atoms with Gasteiger partial charge in [0.2, 0.25) is 5.13 Å². The molecule has 1 aromatic heterocycles. The van der Waals surface area contributed by atoms with Crippen molar-refractivity contribution in [3.63, 3.8) is 0 Å². The second-order valence-electron chi connectivity index (χ2n) is 7.83. The molecule has 2 atom stereocenters. The molecule has 2 aliphatic heterocycles. The lowest BCUT2D eigenvalue weighted by atomic mass is 9.93. The summed E-state index contributed by atoms with van der Waals surface area (Å²) >= 11 is 1.56. The van der Waals surface area contributed by atoms with Crippen molar-refractivity contribution in [1.82, 2.24) is 14.3 Å². The minimum absolute atomic E-state index is 0.378. The summed E-state index contributed by atoms with van der Waals surface area (Å²) in [7, 11) is 0. The molecule has 136 valence electrons. The van der Waals surface area contributed by atoms with Gasteiger partial charge in [0.1, 0.15) is 5.82 Å². The number of aromatic nitrogens is 2. The molecule has 1 aromatic rings. The number of nitrogens with zero attached hydrogens (tertiary/aromatic N) is 4. The number of rotatable bonds is 5. The van der Waals surface area contributed by atoms with Gasteiger partial charge in [-0.15, -0.1) is 0 Å². The van der Waals surface area contributed by atoms with Crippen molar-refractivity contribution in [2.24, 2.45) is 5.92 Å². The van der Waals surface area contributed by atoms with Crippen molar-refractivity contribution in [3.05, 3.63) is 5.82 Å². The highest BCUT2D eigenvalue weighted by Gasteiger charge is 2.25. The summed E-state index contributed by atoms with van der Waals surface area (Å²) in [6.07, 6.45) is 4.64. The van der Waals surface area contributed by atoms with E-state index in [4.69, 9.17) is 9.72 Å². The van der Waals surface area contributed by atoms with Gasteiger partial charge < -0.3 is 9.64 Å². The molecule has 3 heterocycles. The van der Waals surface area contributed by atoms with E-state index in [1.807, 2.05) is 0 Å². The van der Waals surface area contributed by atoms with Gasteiger partial charge in [0, 0.05) is 43.6 Å². The molecule has 5 nitrogen and oxygen atoms in total. The smallest absolute Gasteiger partial charge is 0.205 e. The first-order valence-electron chi connectivity index (χ1n) is 9.47.